The van der Waals surface area contributed by atoms with Gasteiger partial charge in [0.05, 0.1) is 21.9 Å². The van der Waals surface area contributed by atoms with Gasteiger partial charge < -0.3 is 30.9 Å². The lowest BCUT2D eigenvalue weighted by atomic mass is 9.86. The van der Waals surface area contributed by atoms with E-state index in [-0.39, 0.29) is 29.0 Å². The van der Waals surface area contributed by atoms with Gasteiger partial charge in [-0.05, 0) is 117 Å². The maximum Gasteiger partial charge on any atom is 0.335 e. The summed E-state index contributed by atoms with van der Waals surface area (Å²) in [5, 5.41) is 36.0. The van der Waals surface area contributed by atoms with Gasteiger partial charge in [-0.2, -0.15) is 4.31 Å². The van der Waals surface area contributed by atoms with E-state index >= 15 is 0 Å². The highest BCUT2D eigenvalue weighted by atomic mass is 32.2. The highest BCUT2D eigenvalue weighted by Gasteiger charge is 2.35. The summed E-state index contributed by atoms with van der Waals surface area (Å²) in [4.78, 5) is 38.7. The Morgan fingerprint density at radius 2 is 1.47 bits per heavy atom. The zero-order valence-electron chi connectivity index (χ0n) is 30.9. The summed E-state index contributed by atoms with van der Waals surface area (Å²) in [6.07, 6.45) is 3.98. The summed E-state index contributed by atoms with van der Waals surface area (Å²) in [5.41, 5.74) is 4.79. The summed E-state index contributed by atoms with van der Waals surface area (Å²) < 4.78 is 29.2. The molecule has 1 atom stereocenters. The second-order valence-corrected chi connectivity index (χ2v) is 16.1. The van der Waals surface area contributed by atoms with Crippen LogP contribution in [-0.2, 0) is 27.7 Å². The molecule has 4 aromatic carbocycles. The number of carboxylic acids is 2. The van der Waals surface area contributed by atoms with Crippen LogP contribution in [0.4, 0.5) is 17.1 Å². The molecule has 0 bridgehead atoms. The summed E-state index contributed by atoms with van der Waals surface area (Å²) >= 11 is 0. The van der Waals surface area contributed by atoms with E-state index in [0.717, 1.165) is 55.6 Å². The zero-order chi connectivity index (χ0) is 39.1. The largest absolute Gasteiger partial charge is 0.481 e. The summed E-state index contributed by atoms with van der Waals surface area (Å²) in [7, 11) is -3.96. The van der Waals surface area contributed by atoms with E-state index in [9.17, 15) is 33.0 Å². The number of aryl methyl sites for hydroxylation is 2. The molecule has 1 amide bonds. The molecule has 1 saturated heterocycles. The topological polar surface area (TPSA) is 177 Å². The molecule has 0 radical (unpaired) electrons. The predicted molar refractivity (Wildman–Crippen MR) is 211 cm³/mol. The third-order valence-corrected chi connectivity index (χ3v) is 12.7. The van der Waals surface area contributed by atoms with E-state index in [4.69, 9.17) is 5.11 Å². The number of carboxylic acid groups (broad SMARTS) is 2. The van der Waals surface area contributed by atoms with Gasteiger partial charge in [-0.1, -0.05) is 43.3 Å². The number of aromatic carboxylic acids is 1. The number of nitrogens with one attached hydrogen (secondary N) is 2. The number of aliphatic carboxylic acids is 1. The number of amides is 1. The molecule has 0 aromatic heterocycles. The van der Waals surface area contributed by atoms with E-state index < -0.39 is 34.1 Å². The standard InChI is InChI=1S/C42H48N4O8S/c1-2-46(34-20-16-31(17-21-34)42(51)52)55(53,54)36-7-5-6-32(26-36)39(47)44-38-23-22-35(45-24-3-4-25-45)27-37(38)40(48)43-33-18-12-29(13-19-33)9-8-28-10-14-30(15-11-28)41(49)50/h5-7,10-15,18-19,22-23,26-27,31,34,39,44,47H,2-4,8-9,16-17,20-21,24-25H2,1H3,(H,43,48)(H,49,50)(H,51,52). The summed E-state index contributed by atoms with van der Waals surface area (Å²) in [5.74, 6) is -2.65. The number of hydrogen-bond acceptors (Lipinski definition) is 8. The Balaban J connectivity index is 1.16. The number of hydrogen-bond donors (Lipinski definition) is 5. The number of carbonyl (C=O) groups excluding carboxylic acids is 1. The first kappa shape index (κ1) is 39.5. The molecule has 55 heavy (non-hydrogen) atoms. The van der Waals surface area contributed by atoms with Crippen LogP contribution in [0.1, 0.15) is 89.1 Å². The van der Waals surface area contributed by atoms with Gasteiger partial charge in [-0.25, -0.2) is 13.2 Å². The van der Waals surface area contributed by atoms with Gasteiger partial charge in [0.15, 0.2) is 6.23 Å². The molecule has 5 N–H and O–H groups in total. The van der Waals surface area contributed by atoms with Crippen LogP contribution < -0.4 is 15.5 Å². The van der Waals surface area contributed by atoms with Crippen molar-refractivity contribution in [3.63, 3.8) is 0 Å². The molecule has 290 valence electrons. The molecule has 0 spiro atoms. The number of sulfonamides is 1. The van der Waals surface area contributed by atoms with Gasteiger partial charge in [0, 0.05) is 48.3 Å². The Morgan fingerprint density at radius 1 is 0.836 bits per heavy atom. The first-order chi connectivity index (χ1) is 26.4. The smallest absolute Gasteiger partial charge is 0.335 e. The Morgan fingerprint density at radius 3 is 2.07 bits per heavy atom. The van der Waals surface area contributed by atoms with Crippen LogP contribution >= 0.6 is 0 Å². The Labute approximate surface area is 321 Å². The Hall–Kier alpha value is -5.24. The molecule has 4 aromatic rings. The van der Waals surface area contributed by atoms with Crippen molar-refractivity contribution in [1.82, 2.24) is 4.31 Å². The highest BCUT2D eigenvalue weighted by Crippen LogP contribution is 2.33. The normalized spacial score (nSPS) is 17.8. The van der Waals surface area contributed by atoms with Crippen molar-refractivity contribution in [2.24, 2.45) is 5.92 Å². The number of aliphatic hydroxyl groups is 1. The molecule has 2 fully saturated rings. The molecule has 1 aliphatic heterocycles. The summed E-state index contributed by atoms with van der Waals surface area (Å²) in [6, 6.07) is 25.6. The second-order valence-electron chi connectivity index (χ2n) is 14.2. The van der Waals surface area contributed by atoms with Gasteiger partial charge in [0.1, 0.15) is 0 Å². The first-order valence-electron chi connectivity index (χ1n) is 18.8. The van der Waals surface area contributed by atoms with Crippen LogP contribution in [0.5, 0.6) is 0 Å². The van der Waals surface area contributed by atoms with Crippen LogP contribution in [0, 0.1) is 5.92 Å². The fraction of sp³-hybridized carbons (Fsp3) is 0.357. The molecule has 1 unspecified atom stereocenters. The van der Waals surface area contributed by atoms with Crippen molar-refractivity contribution in [2.45, 2.75) is 75.5 Å². The molecular formula is C42H48N4O8S. The first-order valence-corrected chi connectivity index (χ1v) is 20.3. The molecule has 13 heteroatoms. The number of aliphatic hydroxyl groups excluding tert-OH is 1. The Bertz CT molecular complexity index is 2090. The maximum absolute atomic E-state index is 13.9. The number of benzene rings is 4. The SMILES string of the molecule is CCN(C1CCC(C(=O)O)CC1)S(=O)(=O)c1cccc(C(O)Nc2ccc(N3CCCC3)cc2C(=O)Nc2ccc(CCc3ccc(C(=O)O)cc3)cc2)c1. The second kappa shape index (κ2) is 17.5. The lowest BCUT2D eigenvalue weighted by Crippen LogP contribution is -2.42. The minimum atomic E-state index is -3.96. The van der Waals surface area contributed by atoms with E-state index in [2.05, 4.69) is 15.5 Å². The molecule has 1 aliphatic carbocycles. The molecule has 1 saturated carbocycles. The van der Waals surface area contributed by atoms with Crippen molar-refractivity contribution in [2.75, 3.05) is 35.2 Å². The summed E-state index contributed by atoms with van der Waals surface area (Å²) in [6.45, 7) is 3.74. The fourth-order valence-corrected chi connectivity index (χ4v) is 9.27. The molecule has 6 rings (SSSR count). The van der Waals surface area contributed by atoms with Crippen molar-refractivity contribution in [1.29, 1.82) is 0 Å². The molecular weight excluding hydrogens is 721 g/mol. The predicted octanol–water partition coefficient (Wildman–Crippen LogP) is 6.78. The van der Waals surface area contributed by atoms with Crippen molar-refractivity contribution in [3.05, 3.63) is 119 Å². The van der Waals surface area contributed by atoms with Gasteiger partial charge in [-0.15, -0.1) is 0 Å². The van der Waals surface area contributed by atoms with E-state index in [0.29, 0.717) is 48.2 Å². The monoisotopic (exact) mass is 768 g/mol. The highest BCUT2D eigenvalue weighted by molar-refractivity contribution is 7.89. The third kappa shape index (κ3) is 9.53. The van der Waals surface area contributed by atoms with Gasteiger partial charge >= 0.3 is 11.9 Å². The molecule has 2 aliphatic rings. The number of nitrogens with zero attached hydrogens (tertiary/aromatic N) is 2. The van der Waals surface area contributed by atoms with Crippen LogP contribution in [0.15, 0.2) is 95.9 Å². The van der Waals surface area contributed by atoms with E-state index in [1.54, 1.807) is 43.3 Å². The maximum atomic E-state index is 13.9. The third-order valence-electron chi connectivity index (χ3n) is 10.7. The lowest BCUT2D eigenvalue weighted by molar-refractivity contribution is -0.143. The minimum absolute atomic E-state index is 0.0231. The zero-order valence-corrected chi connectivity index (χ0v) is 31.7. The van der Waals surface area contributed by atoms with Crippen LogP contribution in [-0.4, -0.2) is 71.6 Å². The number of carbonyl (C=O) groups is 3. The fourth-order valence-electron chi connectivity index (χ4n) is 7.52. The quantitative estimate of drug-likeness (QED) is 0.0811. The average molecular weight is 769 g/mol. The van der Waals surface area contributed by atoms with E-state index in [1.807, 2.05) is 42.5 Å². The van der Waals surface area contributed by atoms with Crippen LogP contribution in [0.2, 0.25) is 0 Å². The van der Waals surface area contributed by atoms with E-state index in [1.165, 1.54) is 16.4 Å². The van der Waals surface area contributed by atoms with Crippen molar-refractivity contribution in [3.8, 4) is 0 Å². The average Bonchev–Trinajstić information content (AvgIpc) is 3.74. The minimum Gasteiger partial charge on any atom is -0.481 e. The van der Waals surface area contributed by atoms with Crippen LogP contribution in [0.25, 0.3) is 0 Å². The molecule has 12 nitrogen and oxygen atoms in total. The lowest BCUT2D eigenvalue weighted by Gasteiger charge is -2.34. The Kier molecular flexibility index (Phi) is 12.5. The van der Waals surface area contributed by atoms with Crippen molar-refractivity contribution >= 4 is 44.9 Å². The van der Waals surface area contributed by atoms with Crippen molar-refractivity contribution < 1.29 is 38.1 Å². The number of anilines is 3. The van der Waals surface area contributed by atoms with Gasteiger partial charge in [0.2, 0.25) is 10.0 Å². The molecule has 1 heterocycles. The number of rotatable bonds is 15. The van der Waals surface area contributed by atoms with Crippen LogP contribution in [0.3, 0.4) is 0 Å². The van der Waals surface area contributed by atoms with Gasteiger partial charge in [-0.3, -0.25) is 9.59 Å². The van der Waals surface area contributed by atoms with Gasteiger partial charge in [0.25, 0.3) is 5.91 Å².